The zero-order chi connectivity index (χ0) is 13.4. The summed E-state index contributed by atoms with van der Waals surface area (Å²) in [6.07, 6.45) is 1.72. The minimum Gasteiger partial charge on any atom is -0.307 e. The van der Waals surface area contributed by atoms with E-state index >= 15 is 0 Å². The zero-order valence-electron chi connectivity index (χ0n) is 10.6. The molecule has 0 atom stereocenters. The summed E-state index contributed by atoms with van der Waals surface area (Å²) < 4.78 is 13.3. The summed E-state index contributed by atoms with van der Waals surface area (Å²) in [5, 5.41) is 1.93. The maximum absolute atomic E-state index is 13.3. The first-order valence-corrected chi connectivity index (χ1v) is 7.19. The minimum atomic E-state index is -0.236. The molecule has 0 bridgehead atoms. The van der Waals surface area contributed by atoms with Gasteiger partial charge in [-0.2, -0.15) is 0 Å². The Hall–Kier alpha value is -1.68. The number of halogens is 1. The van der Waals surface area contributed by atoms with E-state index in [1.807, 2.05) is 18.4 Å². The highest BCUT2D eigenvalue weighted by molar-refractivity contribution is 7.12. The fraction of sp³-hybridized carbons (Fsp3) is 0.267. The Morgan fingerprint density at radius 2 is 2.21 bits per heavy atom. The summed E-state index contributed by atoms with van der Waals surface area (Å²) in [6, 6.07) is 6.62. The van der Waals surface area contributed by atoms with Crippen LogP contribution in [0.15, 0.2) is 29.6 Å². The van der Waals surface area contributed by atoms with Crippen molar-refractivity contribution in [3.05, 3.63) is 51.5 Å². The molecule has 0 fully saturated rings. The van der Waals surface area contributed by atoms with Crippen molar-refractivity contribution in [1.82, 2.24) is 0 Å². The molecule has 0 N–H and O–H groups in total. The van der Waals surface area contributed by atoms with E-state index in [1.54, 1.807) is 11.0 Å². The second-order valence-electron chi connectivity index (χ2n) is 4.77. The number of carbonyl (C=O) groups excluding carboxylic acids is 1. The van der Waals surface area contributed by atoms with E-state index in [1.165, 1.54) is 23.5 Å². The number of nitrogens with zero attached hydrogens (tertiary/aromatic N) is 1. The lowest BCUT2D eigenvalue weighted by molar-refractivity contribution is 0.0988. The lowest BCUT2D eigenvalue weighted by atomic mass is 10.0. The molecule has 2 nitrogen and oxygen atoms in total. The second-order valence-corrected chi connectivity index (χ2v) is 5.68. The molecule has 0 unspecified atom stereocenters. The average Bonchev–Trinajstić information content (AvgIpc) is 2.83. The largest absolute Gasteiger partial charge is 0.307 e. The monoisotopic (exact) mass is 275 g/mol. The predicted molar refractivity (Wildman–Crippen MR) is 75.5 cm³/mol. The van der Waals surface area contributed by atoms with Gasteiger partial charge in [0.05, 0.1) is 4.88 Å². The molecule has 0 saturated heterocycles. The van der Waals surface area contributed by atoms with E-state index in [0.29, 0.717) is 6.54 Å². The van der Waals surface area contributed by atoms with Crippen LogP contribution < -0.4 is 4.90 Å². The van der Waals surface area contributed by atoms with Crippen LogP contribution in [-0.2, 0) is 6.42 Å². The third-order valence-corrected chi connectivity index (χ3v) is 4.47. The molecule has 0 saturated carbocycles. The summed E-state index contributed by atoms with van der Waals surface area (Å²) in [5.74, 6) is -0.208. The Balaban J connectivity index is 2.00. The molecule has 1 aliphatic heterocycles. The number of benzene rings is 1. The number of anilines is 1. The molecule has 3 rings (SSSR count). The fourth-order valence-electron chi connectivity index (χ4n) is 2.49. The van der Waals surface area contributed by atoms with Gasteiger partial charge in [0.25, 0.3) is 5.91 Å². The SMILES string of the molecule is Cc1ccsc1C(=O)N1CCCc2cc(F)ccc21. The molecule has 2 aromatic rings. The average molecular weight is 275 g/mol. The minimum absolute atomic E-state index is 0.0278. The number of thiophene rings is 1. The summed E-state index contributed by atoms with van der Waals surface area (Å²) in [4.78, 5) is 15.1. The Bertz CT molecular complexity index is 635. The van der Waals surface area contributed by atoms with E-state index in [9.17, 15) is 9.18 Å². The van der Waals surface area contributed by atoms with Crippen LogP contribution in [0.5, 0.6) is 0 Å². The molecule has 1 aromatic carbocycles. The first kappa shape index (κ1) is 12.4. The highest BCUT2D eigenvalue weighted by Crippen LogP contribution is 2.30. The van der Waals surface area contributed by atoms with Gasteiger partial charge in [-0.1, -0.05) is 0 Å². The van der Waals surface area contributed by atoms with Crippen LogP contribution in [0.25, 0.3) is 0 Å². The van der Waals surface area contributed by atoms with Crippen LogP contribution in [0.4, 0.5) is 10.1 Å². The van der Waals surface area contributed by atoms with Gasteiger partial charge in [-0.3, -0.25) is 4.79 Å². The summed E-state index contributed by atoms with van der Waals surface area (Å²) in [6.45, 7) is 2.65. The number of aryl methyl sites for hydroxylation is 2. The predicted octanol–water partition coefficient (Wildman–Crippen LogP) is 3.79. The van der Waals surface area contributed by atoms with Crippen LogP contribution in [0.1, 0.15) is 27.2 Å². The van der Waals surface area contributed by atoms with Crippen molar-refractivity contribution in [3.63, 3.8) is 0 Å². The van der Waals surface area contributed by atoms with Crippen molar-refractivity contribution in [2.24, 2.45) is 0 Å². The highest BCUT2D eigenvalue weighted by Gasteiger charge is 2.25. The smallest absolute Gasteiger partial charge is 0.268 e. The topological polar surface area (TPSA) is 20.3 Å². The molecular formula is C15H14FNOS. The fourth-order valence-corrected chi connectivity index (χ4v) is 3.36. The van der Waals surface area contributed by atoms with Crippen molar-refractivity contribution in [3.8, 4) is 0 Å². The van der Waals surface area contributed by atoms with Crippen molar-refractivity contribution in [2.45, 2.75) is 19.8 Å². The lowest BCUT2D eigenvalue weighted by Gasteiger charge is -2.29. The maximum atomic E-state index is 13.3. The van der Waals surface area contributed by atoms with Crippen LogP contribution in [0.2, 0.25) is 0 Å². The van der Waals surface area contributed by atoms with Gasteiger partial charge in [0.15, 0.2) is 0 Å². The first-order chi connectivity index (χ1) is 9.16. The van der Waals surface area contributed by atoms with Gasteiger partial charge in [-0.05, 0) is 60.5 Å². The Labute approximate surface area is 115 Å². The molecule has 1 aliphatic rings. The van der Waals surface area contributed by atoms with Crippen LogP contribution in [0.3, 0.4) is 0 Å². The number of amides is 1. The van der Waals surface area contributed by atoms with Crippen molar-refractivity contribution in [2.75, 3.05) is 11.4 Å². The van der Waals surface area contributed by atoms with Gasteiger partial charge in [-0.15, -0.1) is 11.3 Å². The van der Waals surface area contributed by atoms with Crippen LogP contribution >= 0.6 is 11.3 Å². The maximum Gasteiger partial charge on any atom is 0.268 e. The van der Waals surface area contributed by atoms with Crippen LogP contribution in [0, 0.1) is 12.7 Å². The molecule has 1 amide bonds. The highest BCUT2D eigenvalue weighted by atomic mass is 32.1. The molecule has 4 heteroatoms. The van der Waals surface area contributed by atoms with Crippen molar-refractivity contribution in [1.29, 1.82) is 0 Å². The molecule has 2 heterocycles. The van der Waals surface area contributed by atoms with E-state index < -0.39 is 0 Å². The third-order valence-electron chi connectivity index (χ3n) is 3.46. The Kier molecular flexibility index (Phi) is 3.11. The molecule has 98 valence electrons. The van der Waals surface area contributed by atoms with E-state index in [0.717, 1.165) is 34.5 Å². The van der Waals surface area contributed by atoms with E-state index in [-0.39, 0.29) is 11.7 Å². The zero-order valence-corrected chi connectivity index (χ0v) is 11.5. The first-order valence-electron chi connectivity index (χ1n) is 6.31. The van der Waals surface area contributed by atoms with Crippen molar-refractivity contribution < 1.29 is 9.18 Å². The summed E-state index contributed by atoms with van der Waals surface area (Å²) in [5.41, 5.74) is 2.78. The Morgan fingerprint density at radius 1 is 1.37 bits per heavy atom. The molecule has 0 aliphatic carbocycles. The van der Waals surface area contributed by atoms with E-state index in [4.69, 9.17) is 0 Å². The van der Waals surface area contributed by atoms with Gasteiger partial charge < -0.3 is 4.90 Å². The number of hydrogen-bond donors (Lipinski definition) is 0. The van der Waals surface area contributed by atoms with Gasteiger partial charge >= 0.3 is 0 Å². The summed E-state index contributed by atoms with van der Waals surface area (Å²) in [7, 11) is 0. The molecule has 0 radical (unpaired) electrons. The van der Waals surface area contributed by atoms with Gasteiger partial charge in [-0.25, -0.2) is 4.39 Å². The molecule has 1 aromatic heterocycles. The third kappa shape index (κ3) is 2.16. The van der Waals surface area contributed by atoms with Crippen LogP contribution in [-0.4, -0.2) is 12.5 Å². The number of fused-ring (bicyclic) bond motifs is 1. The number of carbonyl (C=O) groups is 1. The van der Waals surface area contributed by atoms with Gasteiger partial charge in [0.1, 0.15) is 5.82 Å². The van der Waals surface area contributed by atoms with E-state index in [2.05, 4.69) is 0 Å². The molecule has 0 spiro atoms. The summed E-state index contributed by atoms with van der Waals surface area (Å²) >= 11 is 1.46. The quantitative estimate of drug-likeness (QED) is 0.775. The van der Waals surface area contributed by atoms with Crippen molar-refractivity contribution >= 4 is 22.9 Å². The normalized spacial score (nSPS) is 14.3. The Morgan fingerprint density at radius 3 is 2.95 bits per heavy atom. The second kappa shape index (κ2) is 4.78. The van der Waals surface area contributed by atoms with Gasteiger partial charge in [0, 0.05) is 12.2 Å². The number of hydrogen-bond acceptors (Lipinski definition) is 2. The standard InChI is InChI=1S/C15H14FNOS/c1-10-6-8-19-14(10)15(18)17-7-2-3-11-9-12(16)4-5-13(11)17/h4-6,8-9H,2-3,7H2,1H3. The molecule has 19 heavy (non-hydrogen) atoms. The number of rotatable bonds is 1. The van der Waals surface area contributed by atoms with Gasteiger partial charge in [0.2, 0.25) is 0 Å². The lowest BCUT2D eigenvalue weighted by Crippen LogP contribution is -2.35. The molecular weight excluding hydrogens is 261 g/mol.